The molecule has 0 bridgehead atoms. The van der Waals surface area contributed by atoms with Gasteiger partial charge in [0.25, 0.3) is 17.7 Å². The number of rotatable bonds is 8. The Balaban J connectivity index is 1.58. The minimum absolute atomic E-state index is 0.0871. The highest BCUT2D eigenvalue weighted by atomic mass is 35.5. The molecule has 41 heavy (non-hydrogen) atoms. The average Bonchev–Trinajstić information content (AvgIpc) is 2.90. The zero-order valence-electron chi connectivity index (χ0n) is 22.8. The van der Waals surface area contributed by atoms with E-state index in [1.807, 2.05) is 32.0 Å². The quantitative estimate of drug-likeness (QED) is 0.244. The molecule has 5 amide bonds. The van der Waals surface area contributed by atoms with Gasteiger partial charge in [-0.05, 0) is 80.8 Å². The van der Waals surface area contributed by atoms with E-state index in [1.54, 1.807) is 26.0 Å². The Morgan fingerprint density at radius 1 is 0.951 bits per heavy atom. The first-order valence-corrected chi connectivity index (χ1v) is 13.4. The van der Waals surface area contributed by atoms with Crippen LogP contribution in [0.2, 0.25) is 10.0 Å². The summed E-state index contributed by atoms with van der Waals surface area (Å²) < 4.78 is 11.4. The highest BCUT2D eigenvalue weighted by Gasteiger charge is 2.37. The van der Waals surface area contributed by atoms with Crippen molar-refractivity contribution in [2.24, 2.45) is 0 Å². The summed E-state index contributed by atoms with van der Waals surface area (Å²) in [6.45, 7) is 7.30. The minimum Gasteiger partial charge on any atom is -0.490 e. The Kier molecular flexibility index (Phi) is 9.00. The third kappa shape index (κ3) is 6.70. The first-order chi connectivity index (χ1) is 19.5. The van der Waals surface area contributed by atoms with E-state index in [1.165, 1.54) is 24.3 Å². The summed E-state index contributed by atoms with van der Waals surface area (Å²) in [4.78, 5) is 51.9. The van der Waals surface area contributed by atoms with E-state index >= 15 is 0 Å². The highest BCUT2D eigenvalue weighted by Crippen LogP contribution is 2.38. The fourth-order valence-corrected chi connectivity index (χ4v) is 4.58. The smallest absolute Gasteiger partial charge is 0.335 e. The van der Waals surface area contributed by atoms with Crippen molar-refractivity contribution in [3.05, 3.63) is 86.4 Å². The summed E-state index contributed by atoms with van der Waals surface area (Å²) in [5.41, 5.74) is 3.65. The molecule has 212 valence electrons. The number of carbonyl (C=O) groups is 4. The zero-order valence-corrected chi connectivity index (χ0v) is 24.3. The summed E-state index contributed by atoms with van der Waals surface area (Å²) in [5, 5.41) is 5.42. The number of anilines is 2. The average molecular weight is 596 g/mol. The number of barbiturate groups is 1. The maximum atomic E-state index is 13.3. The lowest BCUT2D eigenvalue weighted by Crippen LogP contribution is -2.54. The number of nitrogens with zero attached hydrogens (tertiary/aromatic N) is 1. The van der Waals surface area contributed by atoms with Crippen molar-refractivity contribution >= 4 is 64.4 Å². The standard InChI is InChI=1S/C30H27Cl2N3O6/c1-5-40-25-13-19(12-23(32)27(25)41-15-26(36)33-24-9-6-16(2)10-18(24)4)11-21-28(37)34-30(39)35(29(21)38)20-8-7-17(3)22(31)14-20/h6-14H,5,15H2,1-4H3,(H,33,36)(H,34,37,39)/b21-11+. The van der Waals surface area contributed by atoms with Gasteiger partial charge in [0, 0.05) is 10.7 Å². The van der Waals surface area contributed by atoms with Crippen LogP contribution in [0.4, 0.5) is 16.2 Å². The van der Waals surface area contributed by atoms with Crippen molar-refractivity contribution in [2.75, 3.05) is 23.4 Å². The van der Waals surface area contributed by atoms with E-state index in [2.05, 4.69) is 10.6 Å². The normalized spacial score (nSPS) is 14.2. The van der Waals surface area contributed by atoms with Crippen molar-refractivity contribution in [1.82, 2.24) is 5.32 Å². The summed E-state index contributed by atoms with van der Waals surface area (Å²) >= 11 is 12.7. The van der Waals surface area contributed by atoms with Crippen molar-refractivity contribution in [3.8, 4) is 11.5 Å². The summed E-state index contributed by atoms with van der Waals surface area (Å²) in [6, 6.07) is 12.4. The van der Waals surface area contributed by atoms with Gasteiger partial charge in [0.1, 0.15) is 5.57 Å². The van der Waals surface area contributed by atoms with Crippen molar-refractivity contribution in [2.45, 2.75) is 27.7 Å². The molecule has 0 aliphatic carbocycles. The molecule has 1 saturated heterocycles. The van der Waals surface area contributed by atoms with E-state index in [0.29, 0.717) is 16.3 Å². The van der Waals surface area contributed by atoms with E-state index in [9.17, 15) is 19.2 Å². The molecule has 3 aromatic carbocycles. The highest BCUT2D eigenvalue weighted by molar-refractivity contribution is 6.39. The van der Waals surface area contributed by atoms with Crippen molar-refractivity contribution in [1.29, 1.82) is 0 Å². The molecule has 0 saturated carbocycles. The Hall–Kier alpha value is -4.34. The fraction of sp³-hybridized carbons (Fsp3) is 0.200. The summed E-state index contributed by atoms with van der Waals surface area (Å²) in [5.74, 6) is -1.78. The Morgan fingerprint density at radius 3 is 2.39 bits per heavy atom. The van der Waals surface area contributed by atoms with E-state index in [0.717, 1.165) is 21.6 Å². The first kappa shape index (κ1) is 29.6. The lowest BCUT2D eigenvalue weighted by Gasteiger charge is -2.26. The van der Waals surface area contributed by atoms with E-state index < -0.39 is 23.8 Å². The van der Waals surface area contributed by atoms with E-state index in [4.69, 9.17) is 32.7 Å². The molecule has 3 aromatic rings. The molecule has 1 aliphatic rings. The summed E-state index contributed by atoms with van der Waals surface area (Å²) in [6.07, 6.45) is 1.29. The number of hydrogen-bond acceptors (Lipinski definition) is 6. The number of halogens is 2. The second-order valence-corrected chi connectivity index (χ2v) is 10.1. The van der Waals surface area contributed by atoms with E-state index in [-0.39, 0.29) is 41.0 Å². The molecule has 11 heteroatoms. The summed E-state index contributed by atoms with van der Waals surface area (Å²) in [7, 11) is 0. The lowest BCUT2D eigenvalue weighted by molar-refractivity contribution is -0.122. The van der Waals surface area contributed by atoms with Crippen LogP contribution in [-0.2, 0) is 14.4 Å². The maximum absolute atomic E-state index is 13.3. The number of urea groups is 1. The maximum Gasteiger partial charge on any atom is 0.335 e. The van der Waals surface area contributed by atoms with Gasteiger partial charge in [-0.1, -0.05) is 47.0 Å². The molecule has 0 unspecified atom stereocenters. The van der Waals surface area contributed by atoms with Crippen LogP contribution in [0.5, 0.6) is 11.5 Å². The molecule has 4 rings (SSSR count). The predicted octanol–water partition coefficient (Wildman–Crippen LogP) is 6.00. The molecule has 1 heterocycles. The van der Waals surface area contributed by atoms with Gasteiger partial charge in [-0.2, -0.15) is 0 Å². The molecule has 0 aromatic heterocycles. The Labute approximate surface area is 247 Å². The molecule has 0 spiro atoms. The van der Waals surface area contributed by atoms with Gasteiger partial charge in [-0.15, -0.1) is 0 Å². The monoisotopic (exact) mass is 595 g/mol. The zero-order chi connectivity index (χ0) is 29.8. The molecule has 1 fully saturated rings. The van der Waals surface area contributed by atoms with Crippen molar-refractivity contribution in [3.63, 3.8) is 0 Å². The second-order valence-electron chi connectivity index (χ2n) is 9.31. The minimum atomic E-state index is -0.895. The fourth-order valence-electron chi connectivity index (χ4n) is 4.13. The number of benzene rings is 3. The van der Waals surface area contributed by atoms with Gasteiger partial charge in [0.05, 0.1) is 17.3 Å². The number of ether oxygens (including phenoxy) is 2. The number of carbonyl (C=O) groups excluding carboxylic acids is 4. The predicted molar refractivity (Wildman–Crippen MR) is 158 cm³/mol. The van der Waals surface area contributed by atoms with Gasteiger partial charge in [-0.25, -0.2) is 9.69 Å². The van der Waals surface area contributed by atoms with Gasteiger partial charge < -0.3 is 14.8 Å². The van der Waals surface area contributed by atoms with Crippen molar-refractivity contribution < 1.29 is 28.7 Å². The van der Waals surface area contributed by atoms with Crippen LogP contribution in [0.1, 0.15) is 29.2 Å². The third-order valence-electron chi connectivity index (χ3n) is 6.16. The van der Waals surface area contributed by atoms with Crippen LogP contribution in [0, 0.1) is 20.8 Å². The largest absolute Gasteiger partial charge is 0.490 e. The topological polar surface area (TPSA) is 114 Å². The van der Waals surface area contributed by atoms with Crippen LogP contribution in [-0.4, -0.2) is 37.0 Å². The van der Waals surface area contributed by atoms with Gasteiger partial charge in [0.2, 0.25) is 0 Å². The van der Waals surface area contributed by atoms with Gasteiger partial charge in [-0.3, -0.25) is 19.7 Å². The van der Waals surface area contributed by atoms with Crippen LogP contribution < -0.4 is 25.0 Å². The van der Waals surface area contributed by atoms with Crippen LogP contribution >= 0.6 is 23.2 Å². The van der Waals surface area contributed by atoms with Crippen LogP contribution in [0.15, 0.2) is 54.1 Å². The molecule has 9 nitrogen and oxygen atoms in total. The van der Waals surface area contributed by atoms with Crippen LogP contribution in [0.25, 0.3) is 6.08 Å². The molecular weight excluding hydrogens is 569 g/mol. The molecule has 0 radical (unpaired) electrons. The SMILES string of the molecule is CCOc1cc(/C=C2\C(=O)NC(=O)N(c3ccc(C)c(Cl)c3)C2=O)cc(Cl)c1OCC(=O)Nc1ccc(C)cc1C. The van der Waals surface area contributed by atoms with Gasteiger partial charge in [0.15, 0.2) is 18.1 Å². The number of imide groups is 2. The second kappa shape index (κ2) is 12.4. The Bertz CT molecular complexity index is 1600. The molecule has 0 atom stereocenters. The third-order valence-corrected chi connectivity index (χ3v) is 6.85. The number of hydrogen-bond donors (Lipinski definition) is 2. The molecular formula is C30H27Cl2N3O6. The molecule has 2 N–H and O–H groups in total. The van der Waals surface area contributed by atoms with Gasteiger partial charge >= 0.3 is 6.03 Å². The number of amides is 5. The lowest BCUT2D eigenvalue weighted by atomic mass is 10.1. The number of aryl methyl sites for hydroxylation is 3. The Morgan fingerprint density at radius 2 is 1.71 bits per heavy atom. The molecule has 1 aliphatic heterocycles. The first-order valence-electron chi connectivity index (χ1n) is 12.6. The van der Waals surface area contributed by atoms with Crippen LogP contribution in [0.3, 0.4) is 0 Å². The number of nitrogens with one attached hydrogen (secondary N) is 2.